The average molecular weight is 313 g/mol. The fraction of sp³-hybridized carbons (Fsp3) is 0.316. The van der Waals surface area contributed by atoms with E-state index >= 15 is 0 Å². The zero-order valence-electron chi connectivity index (χ0n) is 13.1. The highest BCUT2D eigenvalue weighted by molar-refractivity contribution is 5.56. The number of nitrogens with zero attached hydrogens (tertiary/aromatic N) is 1. The Morgan fingerprint density at radius 2 is 1.70 bits per heavy atom. The van der Waals surface area contributed by atoms with E-state index in [9.17, 15) is 14.3 Å². The van der Waals surface area contributed by atoms with Gasteiger partial charge in [0.15, 0.2) is 6.17 Å². The molecule has 0 N–H and O–H groups in total. The normalized spacial score (nSPS) is 23.7. The van der Waals surface area contributed by atoms with E-state index in [1.54, 1.807) is 0 Å². The molecule has 1 unspecified atom stereocenters. The van der Waals surface area contributed by atoms with E-state index in [2.05, 4.69) is 0 Å². The summed E-state index contributed by atoms with van der Waals surface area (Å²) in [5.74, 6) is 0. The third kappa shape index (κ3) is 2.86. The zero-order valence-corrected chi connectivity index (χ0v) is 13.1. The van der Waals surface area contributed by atoms with Crippen molar-refractivity contribution < 1.29 is 18.8 Å². The van der Waals surface area contributed by atoms with Crippen LogP contribution >= 0.6 is 0 Å². The van der Waals surface area contributed by atoms with Gasteiger partial charge in [0.05, 0.1) is 0 Å². The first-order chi connectivity index (χ1) is 11.1. The van der Waals surface area contributed by atoms with Crippen molar-refractivity contribution in [3.63, 3.8) is 0 Å². The van der Waals surface area contributed by atoms with Crippen molar-refractivity contribution in [2.45, 2.75) is 38.1 Å². The molecule has 0 bridgehead atoms. The molecule has 2 aromatic rings. The lowest BCUT2D eigenvalue weighted by atomic mass is 10.0. The molecule has 23 heavy (non-hydrogen) atoms. The number of hydrogen-bond donors (Lipinski definition) is 0. The quantitative estimate of drug-likeness (QED) is 0.795. The van der Waals surface area contributed by atoms with Gasteiger partial charge in [0.2, 0.25) is 0 Å². The maximum atomic E-state index is 13.9. The van der Waals surface area contributed by atoms with E-state index < -0.39 is 22.8 Å². The molecule has 1 fully saturated rings. The lowest BCUT2D eigenvalue weighted by molar-refractivity contribution is -0.927. The molecule has 1 aliphatic carbocycles. The number of carbonyl (C=O) groups excluding carboxylic acids is 1. The van der Waals surface area contributed by atoms with Crippen molar-refractivity contribution in [1.29, 1.82) is 0 Å². The van der Waals surface area contributed by atoms with Crippen LogP contribution in [0, 0.1) is 0 Å². The second-order valence-corrected chi connectivity index (χ2v) is 6.25. The lowest BCUT2D eigenvalue weighted by Crippen LogP contribution is -2.61. The van der Waals surface area contributed by atoms with Crippen LogP contribution in [0.2, 0.25) is 0 Å². The Kier molecular flexibility index (Phi) is 4.18. The Morgan fingerprint density at radius 3 is 2.17 bits per heavy atom. The molecule has 0 aliphatic heterocycles. The van der Waals surface area contributed by atoms with Crippen LogP contribution in [0.15, 0.2) is 60.7 Å². The van der Waals surface area contributed by atoms with Crippen LogP contribution in [0.5, 0.6) is 0 Å². The predicted molar refractivity (Wildman–Crippen MR) is 84.0 cm³/mol. The van der Waals surface area contributed by atoms with Gasteiger partial charge < -0.3 is 9.90 Å². The highest BCUT2D eigenvalue weighted by atomic mass is 19.1. The summed E-state index contributed by atoms with van der Waals surface area (Å²) in [4.78, 5) is 12.2. The maximum Gasteiger partial charge on any atom is 0.258 e. The molecule has 1 saturated carbocycles. The Bertz CT molecular complexity index is 676. The molecule has 0 spiro atoms. The second kappa shape index (κ2) is 6.13. The highest BCUT2D eigenvalue weighted by Crippen LogP contribution is 2.45. The minimum atomic E-state index is -1.21. The largest absolute Gasteiger partial charge is 0.498 e. The van der Waals surface area contributed by atoms with E-state index in [-0.39, 0.29) is 19.0 Å². The summed E-state index contributed by atoms with van der Waals surface area (Å²) in [5, 5.41) is 12.2. The van der Waals surface area contributed by atoms with Gasteiger partial charge in [0.25, 0.3) is 6.09 Å². The Hall–Kier alpha value is -2.20. The van der Waals surface area contributed by atoms with E-state index in [1.807, 2.05) is 67.6 Å². The topological polar surface area (TPSA) is 40.1 Å². The van der Waals surface area contributed by atoms with Crippen molar-refractivity contribution in [2.75, 3.05) is 0 Å². The smallest absolute Gasteiger partial charge is 0.258 e. The fourth-order valence-electron chi connectivity index (χ4n) is 3.41. The van der Waals surface area contributed by atoms with E-state index in [0.29, 0.717) is 0 Å². The summed E-state index contributed by atoms with van der Waals surface area (Å²) in [7, 11) is 0. The summed E-state index contributed by atoms with van der Waals surface area (Å²) in [6.07, 6.45) is -2.02. The van der Waals surface area contributed by atoms with Gasteiger partial charge >= 0.3 is 0 Å². The van der Waals surface area contributed by atoms with Gasteiger partial charge in [-0.2, -0.15) is 0 Å². The van der Waals surface area contributed by atoms with Crippen molar-refractivity contribution >= 4 is 6.09 Å². The summed E-state index contributed by atoms with van der Waals surface area (Å²) >= 11 is 0. The Labute approximate surface area is 135 Å². The van der Waals surface area contributed by atoms with Gasteiger partial charge in [-0.05, 0) is 6.92 Å². The first kappa shape index (κ1) is 15.7. The summed E-state index contributed by atoms with van der Waals surface area (Å²) < 4.78 is 13.5. The van der Waals surface area contributed by atoms with E-state index in [4.69, 9.17) is 0 Å². The number of benzene rings is 2. The van der Waals surface area contributed by atoms with Crippen molar-refractivity contribution in [2.24, 2.45) is 0 Å². The van der Waals surface area contributed by atoms with E-state index in [1.165, 1.54) is 0 Å². The molecule has 3 nitrogen and oxygen atoms in total. The number of hydrogen-bond acceptors (Lipinski definition) is 2. The summed E-state index contributed by atoms with van der Waals surface area (Å²) in [5.41, 5.74) is 1.75. The summed E-state index contributed by atoms with van der Waals surface area (Å²) in [6.45, 7) is 2.07. The van der Waals surface area contributed by atoms with Gasteiger partial charge in [-0.15, -0.1) is 0 Å². The van der Waals surface area contributed by atoms with E-state index in [0.717, 1.165) is 11.1 Å². The van der Waals surface area contributed by atoms with Crippen LogP contribution in [0.3, 0.4) is 0 Å². The standard InChI is InChI=1S/C19H20FNO2/c1-14(16-10-6-3-7-11-16)21(19(22)23,18-12-17(18)20)13-15-8-4-2-5-9-15/h2-11,14,17-18H,12-13H2,1H3/t14?,17-,18+,21+/m0/s1. The molecular weight excluding hydrogens is 293 g/mol. The second-order valence-electron chi connectivity index (χ2n) is 6.25. The van der Waals surface area contributed by atoms with Crippen molar-refractivity contribution in [1.82, 2.24) is 0 Å². The lowest BCUT2D eigenvalue weighted by Gasteiger charge is -2.43. The SMILES string of the molecule is CC(c1ccccc1)[N@@+](Cc1ccccc1)(C(=O)[O-])[C@@H]1C[C@@H]1F. The Balaban J connectivity index is 2.03. The number of carboxylic acid groups (broad SMARTS) is 1. The Morgan fingerprint density at radius 1 is 1.17 bits per heavy atom. The first-order valence-corrected chi connectivity index (χ1v) is 7.87. The number of quaternary nitrogens is 1. The van der Waals surface area contributed by atoms with Gasteiger partial charge in [0.1, 0.15) is 18.6 Å². The number of carbonyl (C=O) groups is 1. The van der Waals surface area contributed by atoms with Gasteiger partial charge in [-0.1, -0.05) is 60.7 Å². The first-order valence-electron chi connectivity index (χ1n) is 7.87. The fourth-order valence-corrected chi connectivity index (χ4v) is 3.41. The van der Waals surface area contributed by atoms with Crippen LogP contribution < -0.4 is 5.11 Å². The van der Waals surface area contributed by atoms with Crippen LogP contribution in [-0.2, 0) is 6.54 Å². The van der Waals surface area contributed by atoms with Crippen LogP contribution in [-0.4, -0.2) is 22.8 Å². The molecule has 2 aromatic carbocycles. The van der Waals surface area contributed by atoms with Gasteiger partial charge in [0, 0.05) is 17.5 Å². The van der Waals surface area contributed by atoms with Crippen molar-refractivity contribution in [3.8, 4) is 0 Å². The number of rotatable bonds is 5. The van der Waals surface area contributed by atoms with Crippen molar-refractivity contribution in [3.05, 3.63) is 71.8 Å². The van der Waals surface area contributed by atoms with Crippen LogP contribution in [0.4, 0.5) is 9.18 Å². The number of halogens is 1. The van der Waals surface area contributed by atoms with Crippen LogP contribution in [0.25, 0.3) is 0 Å². The van der Waals surface area contributed by atoms with Crippen LogP contribution in [0.1, 0.15) is 30.5 Å². The predicted octanol–water partition coefficient (Wildman–Crippen LogP) is 3.22. The molecule has 1 amide bonds. The minimum absolute atomic E-state index is 0.227. The molecule has 120 valence electrons. The number of amides is 1. The van der Waals surface area contributed by atoms with Gasteiger partial charge in [-0.25, -0.2) is 4.39 Å². The van der Waals surface area contributed by atoms with Gasteiger partial charge in [-0.3, -0.25) is 4.48 Å². The molecule has 1 aliphatic rings. The third-order valence-electron chi connectivity index (χ3n) is 4.87. The number of alkyl halides is 1. The molecule has 4 atom stereocenters. The molecule has 0 saturated heterocycles. The molecule has 0 radical (unpaired) electrons. The summed E-state index contributed by atoms with van der Waals surface area (Å²) in [6, 6.07) is 17.9. The maximum absolute atomic E-state index is 13.9. The zero-order chi connectivity index (χ0) is 16.4. The molecule has 0 heterocycles. The molecule has 3 rings (SSSR count). The highest BCUT2D eigenvalue weighted by Gasteiger charge is 2.58. The average Bonchev–Trinajstić information content (AvgIpc) is 3.30. The molecule has 4 heteroatoms. The monoisotopic (exact) mass is 313 g/mol. The molecular formula is C19H20FNO2. The minimum Gasteiger partial charge on any atom is -0.498 e. The molecule has 0 aromatic heterocycles. The third-order valence-corrected chi connectivity index (χ3v) is 4.87.